The van der Waals surface area contributed by atoms with Crippen molar-refractivity contribution in [2.45, 2.75) is 20.4 Å². The van der Waals surface area contributed by atoms with Gasteiger partial charge in [0.1, 0.15) is 0 Å². The van der Waals surface area contributed by atoms with E-state index in [1.54, 1.807) is 0 Å². The van der Waals surface area contributed by atoms with Crippen molar-refractivity contribution in [1.82, 2.24) is 15.3 Å². The van der Waals surface area contributed by atoms with Crippen LogP contribution >= 0.6 is 27.5 Å². The van der Waals surface area contributed by atoms with Crippen molar-refractivity contribution in [3.8, 4) is 11.4 Å². The Labute approximate surface area is 126 Å². The van der Waals surface area contributed by atoms with E-state index in [1.165, 1.54) is 0 Å². The van der Waals surface area contributed by atoms with Crippen LogP contribution in [0.4, 0.5) is 0 Å². The molecule has 0 amide bonds. The summed E-state index contributed by atoms with van der Waals surface area (Å²) in [6.07, 6.45) is 0. The van der Waals surface area contributed by atoms with Crippen molar-refractivity contribution < 1.29 is 0 Å². The van der Waals surface area contributed by atoms with Gasteiger partial charge in [-0.25, -0.2) is 9.97 Å². The van der Waals surface area contributed by atoms with Crippen LogP contribution in [-0.2, 0) is 6.54 Å². The van der Waals surface area contributed by atoms with E-state index in [2.05, 4.69) is 31.2 Å². The van der Waals surface area contributed by atoms with Crippen molar-refractivity contribution in [2.75, 3.05) is 7.05 Å². The molecular weight excluding hydrogens is 326 g/mol. The third-order valence-electron chi connectivity index (χ3n) is 2.95. The van der Waals surface area contributed by atoms with E-state index in [4.69, 9.17) is 11.6 Å². The first-order valence-electron chi connectivity index (χ1n) is 5.97. The molecule has 0 fully saturated rings. The Hall–Kier alpha value is -0.970. The Morgan fingerprint density at radius 1 is 1.21 bits per heavy atom. The molecule has 0 saturated heterocycles. The van der Waals surface area contributed by atoms with E-state index in [0.717, 1.165) is 39.4 Å². The second-order valence-corrected chi connectivity index (χ2v) is 5.62. The molecule has 100 valence electrons. The maximum atomic E-state index is 6.00. The molecule has 2 aromatic rings. The van der Waals surface area contributed by atoms with Crippen LogP contribution in [0.1, 0.15) is 17.0 Å². The molecule has 3 nitrogen and oxygen atoms in total. The van der Waals surface area contributed by atoms with Crippen molar-refractivity contribution in [3.63, 3.8) is 0 Å². The minimum absolute atomic E-state index is 0.684. The van der Waals surface area contributed by atoms with Crippen LogP contribution in [0.25, 0.3) is 11.4 Å². The van der Waals surface area contributed by atoms with Crippen LogP contribution in [-0.4, -0.2) is 17.0 Å². The van der Waals surface area contributed by atoms with Gasteiger partial charge in [-0.2, -0.15) is 0 Å². The van der Waals surface area contributed by atoms with E-state index >= 15 is 0 Å². The quantitative estimate of drug-likeness (QED) is 0.921. The Morgan fingerprint density at radius 3 is 2.37 bits per heavy atom. The smallest absolute Gasteiger partial charge is 0.159 e. The summed E-state index contributed by atoms with van der Waals surface area (Å²) in [6, 6.07) is 5.71. The normalized spacial score (nSPS) is 10.8. The first-order chi connectivity index (χ1) is 9.02. The highest BCUT2D eigenvalue weighted by molar-refractivity contribution is 9.10. The number of benzene rings is 1. The molecule has 1 aromatic carbocycles. The first kappa shape index (κ1) is 14.4. The summed E-state index contributed by atoms with van der Waals surface area (Å²) in [5.74, 6) is 0.729. The molecule has 1 N–H and O–H groups in total. The zero-order valence-electron chi connectivity index (χ0n) is 11.1. The summed E-state index contributed by atoms with van der Waals surface area (Å²) in [5.41, 5.74) is 4.11. The van der Waals surface area contributed by atoms with Gasteiger partial charge >= 0.3 is 0 Å². The fourth-order valence-corrected chi connectivity index (χ4v) is 2.43. The molecule has 0 unspecified atom stereocenters. The van der Waals surface area contributed by atoms with Gasteiger partial charge in [0.2, 0.25) is 0 Å². The number of nitrogens with zero attached hydrogens (tertiary/aromatic N) is 2. The van der Waals surface area contributed by atoms with Gasteiger partial charge in [0, 0.05) is 33.5 Å². The second-order valence-electron chi connectivity index (χ2n) is 4.36. The minimum atomic E-state index is 0.684. The zero-order chi connectivity index (χ0) is 14.0. The lowest BCUT2D eigenvalue weighted by molar-refractivity contribution is 0.787. The molecule has 0 aliphatic carbocycles. The average molecular weight is 341 g/mol. The molecule has 0 bridgehead atoms. The lowest BCUT2D eigenvalue weighted by Crippen LogP contribution is -2.11. The first-order valence-corrected chi connectivity index (χ1v) is 7.14. The number of aromatic nitrogens is 2. The highest BCUT2D eigenvalue weighted by Gasteiger charge is 2.10. The molecule has 19 heavy (non-hydrogen) atoms. The lowest BCUT2D eigenvalue weighted by atomic mass is 10.1. The van der Waals surface area contributed by atoms with E-state index in [0.29, 0.717) is 5.02 Å². The van der Waals surface area contributed by atoms with Gasteiger partial charge in [-0.3, -0.25) is 0 Å². The van der Waals surface area contributed by atoms with Crippen LogP contribution in [0.15, 0.2) is 22.7 Å². The molecule has 1 heterocycles. The van der Waals surface area contributed by atoms with Crippen LogP contribution in [0.2, 0.25) is 5.02 Å². The van der Waals surface area contributed by atoms with Gasteiger partial charge in [0.25, 0.3) is 0 Å². The predicted molar refractivity (Wildman–Crippen MR) is 82.4 cm³/mol. The molecule has 5 heteroatoms. The number of nitrogens with one attached hydrogen (secondary N) is 1. The Kier molecular flexibility index (Phi) is 4.55. The van der Waals surface area contributed by atoms with Crippen LogP contribution in [0, 0.1) is 13.8 Å². The molecular formula is C14H15BrClN3. The van der Waals surface area contributed by atoms with Crippen molar-refractivity contribution in [2.24, 2.45) is 0 Å². The number of hydrogen-bond acceptors (Lipinski definition) is 3. The van der Waals surface area contributed by atoms with Crippen molar-refractivity contribution >= 4 is 27.5 Å². The van der Waals surface area contributed by atoms with Gasteiger partial charge in [-0.15, -0.1) is 0 Å². The summed E-state index contributed by atoms with van der Waals surface area (Å²) >= 11 is 9.42. The second kappa shape index (κ2) is 5.99. The fourth-order valence-electron chi connectivity index (χ4n) is 1.94. The Morgan fingerprint density at radius 2 is 1.84 bits per heavy atom. The summed E-state index contributed by atoms with van der Waals surface area (Å²) in [4.78, 5) is 9.16. The molecule has 0 saturated carbocycles. The highest BCUT2D eigenvalue weighted by Crippen LogP contribution is 2.28. The number of aryl methyl sites for hydroxylation is 2. The monoisotopic (exact) mass is 339 g/mol. The number of hydrogen-bond donors (Lipinski definition) is 1. The SMILES string of the molecule is CNCc1c(C)nc(-c2ccc(Cl)c(Br)c2)nc1C. The third-order valence-corrected chi connectivity index (χ3v) is 4.17. The molecule has 0 spiro atoms. The molecule has 0 atom stereocenters. The molecule has 0 radical (unpaired) electrons. The maximum Gasteiger partial charge on any atom is 0.159 e. The number of halogens is 2. The van der Waals surface area contributed by atoms with Gasteiger partial charge < -0.3 is 5.32 Å². The third kappa shape index (κ3) is 3.14. The lowest BCUT2D eigenvalue weighted by Gasteiger charge is -2.11. The topological polar surface area (TPSA) is 37.8 Å². The molecule has 2 rings (SSSR count). The maximum absolute atomic E-state index is 6.00. The van der Waals surface area contributed by atoms with Crippen LogP contribution in [0.5, 0.6) is 0 Å². The predicted octanol–water partition coefficient (Wildman–Crippen LogP) is 3.90. The number of rotatable bonds is 3. The van der Waals surface area contributed by atoms with Crippen molar-refractivity contribution in [3.05, 3.63) is 44.6 Å². The largest absolute Gasteiger partial charge is 0.316 e. The van der Waals surface area contributed by atoms with Crippen LogP contribution in [0.3, 0.4) is 0 Å². The summed E-state index contributed by atoms with van der Waals surface area (Å²) in [5, 5.41) is 3.82. The van der Waals surface area contributed by atoms with Gasteiger partial charge in [-0.1, -0.05) is 11.6 Å². The molecule has 0 aliphatic rings. The van der Waals surface area contributed by atoms with E-state index in [-0.39, 0.29) is 0 Å². The van der Waals surface area contributed by atoms with E-state index in [9.17, 15) is 0 Å². The molecule has 1 aromatic heterocycles. The van der Waals surface area contributed by atoms with Gasteiger partial charge in [0.05, 0.1) is 5.02 Å². The minimum Gasteiger partial charge on any atom is -0.316 e. The summed E-state index contributed by atoms with van der Waals surface area (Å²) < 4.78 is 0.852. The van der Waals surface area contributed by atoms with E-state index in [1.807, 2.05) is 39.1 Å². The van der Waals surface area contributed by atoms with Crippen LogP contribution < -0.4 is 5.32 Å². The Bertz CT molecular complexity index is 591. The Balaban J connectivity index is 2.48. The molecule has 0 aliphatic heterocycles. The fraction of sp³-hybridized carbons (Fsp3) is 0.286. The summed E-state index contributed by atoms with van der Waals surface area (Å²) in [7, 11) is 1.92. The highest BCUT2D eigenvalue weighted by atomic mass is 79.9. The van der Waals surface area contributed by atoms with Gasteiger partial charge in [-0.05, 0) is 55.0 Å². The standard InChI is InChI=1S/C14H15BrClN3/c1-8-11(7-17-3)9(2)19-14(18-8)10-4-5-13(16)12(15)6-10/h4-6,17H,7H2,1-3H3. The zero-order valence-corrected chi connectivity index (χ0v) is 13.4. The van der Waals surface area contributed by atoms with Gasteiger partial charge in [0.15, 0.2) is 5.82 Å². The summed E-state index contributed by atoms with van der Waals surface area (Å²) in [6.45, 7) is 4.80. The van der Waals surface area contributed by atoms with Crippen molar-refractivity contribution in [1.29, 1.82) is 0 Å². The van der Waals surface area contributed by atoms with E-state index < -0.39 is 0 Å². The average Bonchev–Trinajstić information content (AvgIpc) is 2.37.